The van der Waals surface area contributed by atoms with Crippen LogP contribution in [0.4, 0.5) is 0 Å². The number of halogens is 4. The van der Waals surface area contributed by atoms with Gasteiger partial charge in [-0.15, -0.1) is 11.6 Å². The van der Waals surface area contributed by atoms with Crippen molar-refractivity contribution in [1.82, 2.24) is 0 Å². The first-order valence-corrected chi connectivity index (χ1v) is 8.11. The first-order valence-electron chi connectivity index (χ1n) is 5.61. The first-order chi connectivity index (χ1) is 9.56. The Morgan fingerprint density at radius 2 is 1.75 bits per heavy atom. The monoisotopic (exact) mass is 438 g/mol. The number of ether oxygens (including phenoxy) is 2. The minimum absolute atomic E-state index is 0.324. The van der Waals surface area contributed by atoms with Crippen molar-refractivity contribution in [2.24, 2.45) is 0 Å². The number of benzene rings is 2. The molecule has 0 fully saturated rings. The fraction of sp³-hybridized carbons (Fsp3) is 0.143. The molecule has 0 aromatic heterocycles. The molecule has 6 heteroatoms. The Kier molecular flexibility index (Phi) is 5.61. The molecule has 0 saturated carbocycles. The predicted octanol–water partition coefficient (Wildman–Crippen LogP) is 6.40. The van der Waals surface area contributed by atoms with Gasteiger partial charge in [-0.3, -0.25) is 0 Å². The molecule has 0 aliphatic carbocycles. The Morgan fingerprint density at radius 1 is 1.10 bits per heavy atom. The molecule has 0 radical (unpaired) electrons. The number of hydrogen-bond donors (Lipinski definition) is 0. The Labute approximate surface area is 144 Å². The number of rotatable bonds is 4. The van der Waals surface area contributed by atoms with E-state index in [-0.39, 0.29) is 0 Å². The molecule has 0 spiro atoms. The fourth-order valence-electron chi connectivity index (χ4n) is 1.63. The van der Waals surface area contributed by atoms with Crippen LogP contribution in [0.1, 0.15) is 5.56 Å². The van der Waals surface area contributed by atoms with Crippen molar-refractivity contribution >= 4 is 55.1 Å². The molecule has 0 unspecified atom stereocenters. The summed E-state index contributed by atoms with van der Waals surface area (Å²) >= 11 is 19.0. The number of alkyl halides is 1. The lowest BCUT2D eigenvalue weighted by Crippen LogP contribution is -1.93. The van der Waals surface area contributed by atoms with Crippen LogP contribution < -0.4 is 9.47 Å². The zero-order chi connectivity index (χ0) is 14.7. The molecule has 2 aromatic rings. The second kappa shape index (κ2) is 7.03. The molecule has 0 atom stereocenters. The van der Waals surface area contributed by atoms with E-state index in [1.807, 2.05) is 24.3 Å². The van der Waals surface area contributed by atoms with Crippen molar-refractivity contribution in [2.45, 2.75) is 5.88 Å². The van der Waals surface area contributed by atoms with Gasteiger partial charge in [0.2, 0.25) is 0 Å². The third-order valence-electron chi connectivity index (χ3n) is 2.61. The third kappa shape index (κ3) is 3.42. The summed E-state index contributed by atoms with van der Waals surface area (Å²) in [5.41, 5.74) is 0.831. The maximum atomic E-state index is 6.17. The first kappa shape index (κ1) is 16.0. The van der Waals surface area contributed by atoms with Gasteiger partial charge in [-0.2, -0.15) is 0 Å². The van der Waals surface area contributed by atoms with Crippen molar-refractivity contribution in [3.8, 4) is 17.2 Å². The van der Waals surface area contributed by atoms with Crippen molar-refractivity contribution < 1.29 is 9.47 Å². The van der Waals surface area contributed by atoms with Gasteiger partial charge >= 0.3 is 0 Å². The lowest BCUT2D eigenvalue weighted by molar-refractivity contribution is 0.409. The van der Waals surface area contributed by atoms with Gasteiger partial charge in [-0.1, -0.05) is 23.7 Å². The van der Waals surface area contributed by atoms with Crippen LogP contribution in [-0.4, -0.2) is 7.11 Å². The number of hydrogen-bond acceptors (Lipinski definition) is 2. The number of para-hydroxylation sites is 1. The summed E-state index contributed by atoms with van der Waals surface area (Å²) in [6.07, 6.45) is 0. The average Bonchev–Trinajstić information content (AvgIpc) is 2.44. The number of methoxy groups -OCH3 is 1. The maximum Gasteiger partial charge on any atom is 0.150 e. The highest BCUT2D eigenvalue weighted by atomic mass is 79.9. The van der Waals surface area contributed by atoms with Gasteiger partial charge in [0, 0.05) is 5.56 Å². The van der Waals surface area contributed by atoms with E-state index >= 15 is 0 Å². The second-order valence-electron chi connectivity index (χ2n) is 3.88. The summed E-state index contributed by atoms with van der Waals surface area (Å²) in [5, 5.41) is 0.516. The molecule has 0 amide bonds. The Morgan fingerprint density at radius 3 is 2.40 bits per heavy atom. The van der Waals surface area contributed by atoms with Crippen molar-refractivity contribution in [1.29, 1.82) is 0 Å². The Hall–Kier alpha value is -0.420. The van der Waals surface area contributed by atoms with Crippen molar-refractivity contribution in [2.75, 3.05) is 7.11 Å². The molecule has 0 aliphatic rings. The second-order valence-corrected chi connectivity index (χ2v) is 6.26. The van der Waals surface area contributed by atoms with E-state index in [4.69, 9.17) is 32.7 Å². The summed E-state index contributed by atoms with van der Waals surface area (Å²) in [6.45, 7) is 0. The molecule has 106 valence electrons. The highest BCUT2D eigenvalue weighted by molar-refractivity contribution is 9.11. The lowest BCUT2D eigenvalue weighted by atomic mass is 10.2. The molecule has 2 aromatic carbocycles. The van der Waals surface area contributed by atoms with Gasteiger partial charge in [0.05, 0.1) is 27.0 Å². The zero-order valence-electron chi connectivity index (χ0n) is 10.4. The summed E-state index contributed by atoms with van der Waals surface area (Å²) in [7, 11) is 1.60. The van der Waals surface area contributed by atoms with Crippen LogP contribution in [0.25, 0.3) is 0 Å². The summed E-state index contributed by atoms with van der Waals surface area (Å²) in [6, 6.07) is 9.10. The molecule has 0 aliphatic heterocycles. The van der Waals surface area contributed by atoms with Gasteiger partial charge in [0.1, 0.15) is 17.2 Å². The van der Waals surface area contributed by atoms with Crippen molar-refractivity contribution in [3.05, 3.63) is 49.9 Å². The lowest BCUT2D eigenvalue weighted by Gasteiger charge is -2.14. The molecular weight excluding hydrogens is 431 g/mol. The van der Waals surface area contributed by atoms with Crippen LogP contribution >= 0.6 is 55.1 Å². The SMILES string of the molecule is COc1cc(Br)c(Oc2c(Cl)cccc2CCl)cc1Br. The molecule has 20 heavy (non-hydrogen) atoms. The Bertz CT molecular complexity index is 633. The smallest absolute Gasteiger partial charge is 0.150 e. The van der Waals surface area contributed by atoms with Crippen LogP contribution in [-0.2, 0) is 5.88 Å². The molecule has 2 rings (SSSR count). The highest BCUT2D eigenvalue weighted by Crippen LogP contribution is 2.41. The predicted molar refractivity (Wildman–Crippen MR) is 89.5 cm³/mol. The molecule has 2 nitrogen and oxygen atoms in total. The highest BCUT2D eigenvalue weighted by Gasteiger charge is 2.13. The third-order valence-corrected chi connectivity index (χ3v) is 4.44. The van der Waals surface area contributed by atoms with Gasteiger partial charge in [-0.05, 0) is 50.1 Å². The molecule has 0 heterocycles. The average molecular weight is 441 g/mol. The van der Waals surface area contributed by atoms with E-state index in [9.17, 15) is 0 Å². The van der Waals surface area contributed by atoms with E-state index in [1.54, 1.807) is 13.2 Å². The summed E-state index contributed by atoms with van der Waals surface area (Å²) in [5.74, 6) is 2.21. The molecule has 0 saturated heterocycles. The topological polar surface area (TPSA) is 18.5 Å². The van der Waals surface area contributed by atoms with Gasteiger partial charge in [0.15, 0.2) is 0 Å². The largest absolute Gasteiger partial charge is 0.496 e. The van der Waals surface area contributed by atoms with Gasteiger partial charge in [-0.25, -0.2) is 0 Å². The fourth-order valence-corrected chi connectivity index (χ4v) is 2.96. The van der Waals surface area contributed by atoms with E-state index in [1.165, 1.54) is 0 Å². The molecular formula is C14H10Br2Cl2O2. The van der Waals surface area contributed by atoms with Crippen LogP contribution in [0.2, 0.25) is 5.02 Å². The van der Waals surface area contributed by atoms with Gasteiger partial charge in [0.25, 0.3) is 0 Å². The van der Waals surface area contributed by atoms with E-state index in [0.717, 1.165) is 14.5 Å². The summed E-state index contributed by atoms with van der Waals surface area (Å²) < 4.78 is 12.7. The quantitative estimate of drug-likeness (QED) is 0.512. The van der Waals surface area contributed by atoms with Crippen LogP contribution in [0, 0.1) is 0 Å². The van der Waals surface area contributed by atoms with E-state index in [2.05, 4.69) is 31.9 Å². The van der Waals surface area contributed by atoms with Gasteiger partial charge < -0.3 is 9.47 Å². The van der Waals surface area contributed by atoms with Crippen LogP contribution in [0.15, 0.2) is 39.3 Å². The minimum atomic E-state index is 0.324. The molecule has 0 N–H and O–H groups in total. The standard InChI is InChI=1S/C14H10Br2Cl2O2/c1-19-12-5-10(16)13(6-9(12)15)20-14-8(7-17)3-2-4-11(14)18/h2-6H,7H2,1H3. The van der Waals surface area contributed by atoms with Crippen LogP contribution in [0.5, 0.6) is 17.2 Å². The maximum absolute atomic E-state index is 6.17. The van der Waals surface area contributed by atoms with Crippen LogP contribution in [0.3, 0.4) is 0 Å². The van der Waals surface area contributed by atoms with E-state index < -0.39 is 0 Å². The minimum Gasteiger partial charge on any atom is -0.496 e. The van der Waals surface area contributed by atoms with Crippen molar-refractivity contribution in [3.63, 3.8) is 0 Å². The summed E-state index contributed by atoms with van der Waals surface area (Å²) in [4.78, 5) is 0. The Balaban J connectivity index is 2.43. The van der Waals surface area contributed by atoms with E-state index in [0.29, 0.717) is 28.2 Å². The zero-order valence-corrected chi connectivity index (χ0v) is 15.1. The normalized spacial score (nSPS) is 10.4. The molecule has 0 bridgehead atoms.